The first-order valence-corrected chi connectivity index (χ1v) is 4.63. The van der Waals surface area contributed by atoms with E-state index in [1.807, 2.05) is 0 Å². The van der Waals surface area contributed by atoms with E-state index in [4.69, 9.17) is 12.2 Å². The minimum atomic E-state index is 0.999. The van der Waals surface area contributed by atoms with Gasteiger partial charge in [-0.1, -0.05) is 6.92 Å². The van der Waals surface area contributed by atoms with Gasteiger partial charge in [0, 0.05) is 17.6 Å². The van der Waals surface area contributed by atoms with Crippen molar-refractivity contribution in [1.82, 2.24) is 4.57 Å². The molecule has 0 aliphatic carbocycles. The summed E-state index contributed by atoms with van der Waals surface area (Å²) in [6.07, 6.45) is 3.28. The van der Waals surface area contributed by atoms with E-state index in [2.05, 4.69) is 24.6 Å². The molecule has 1 rings (SSSR count). The molecule has 0 saturated heterocycles. The van der Waals surface area contributed by atoms with E-state index in [-0.39, 0.29) is 0 Å². The molecule has 0 aromatic carbocycles. The monoisotopic (exact) mass is 173 g/mol. The number of hydrogen-bond acceptors (Lipinski definition) is 2. The number of thiazole rings is 1. The molecular formula is C7H11NS2. The van der Waals surface area contributed by atoms with E-state index < -0.39 is 0 Å². The van der Waals surface area contributed by atoms with Gasteiger partial charge in [0.15, 0.2) is 3.95 Å². The average molecular weight is 173 g/mol. The van der Waals surface area contributed by atoms with Crippen molar-refractivity contribution < 1.29 is 0 Å². The lowest BCUT2D eigenvalue weighted by atomic mass is 10.5. The quantitative estimate of drug-likeness (QED) is 0.622. The van der Waals surface area contributed by atoms with E-state index in [9.17, 15) is 0 Å². The molecule has 0 unspecified atom stereocenters. The number of aromatic nitrogens is 1. The van der Waals surface area contributed by atoms with Gasteiger partial charge in [-0.2, -0.15) is 0 Å². The van der Waals surface area contributed by atoms with Gasteiger partial charge in [-0.05, 0) is 25.6 Å². The van der Waals surface area contributed by atoms with Crippen molar-refractivity contribution in [1.29, 1.82) is 0 Å². The van der Waals surface area contributed by atoms with Gasteiger partial charge in [0.2, 0.25) is 0 Å². The zero-order valence-corrected chi connectivity index (χ0v) is 7.89. The van der Waals surface area contributed by atoms with Gasteiger partial charge in [0.1, 0.15) is 0 Å². The van der Waals surface area contributed by atoms with Crippen LogP contribution in [-0.4, -0.2) is 4.57 Å². The summed E-state index contributed by atoms with van der Waals surface area (Å²) in [6.45, 7) is 5.31. The van der Waals surface area contributed by atoms with Crippen LogP contribution in [0.2, 0.25) is 0 Å². The zero-order chi connectivity index (χ0) is 7.56. The van der Waals surface area contributed by atoms with Gasteiger partial charge >= 0.3 is 0 Å². The van der Waals surface area contributed by atoms with Crippen molar-refractivity contribution >= 4 is 23.6 Å². The van der Waals surface area contributed by atoms with Crippen LogP contribution in [-0.2, 0) is 6.54 Å². The third-order valence-corrected chi connectivity index (χ3v) is 2.61. The van der Waals surface area contributed by atoms with Crippen LogP contribution in [0.4, 0.5) is 0 Å². The molecule has 56 valence electrons. The Morgan fingerprint density at radius 1 is 1.70 bits per heavy atom. The lowest BCUT2D eigenvalue weighted by Gasteiger charge is -1.95. The largest absolute Gasteiger partial charge is 0.330 e. The first-order chi connectivity index (χ1) is 4.74. The minimum Gasteiger partial charge on any atom is -0.330 e. The smallest absolute Gasteiger partial charge is 0.161 e. The van der Waals surface area contributed by atoms with Gasteiger partial charge < -0.3 is 4.57 Å². The second-order valence-electron chi connectivity index (χ2n) is 2.30. The summed E-state index contributed by atoms with van der Waals surface area (Å²) in [5, 5.41) is 0. The zero-order valence-electron chi connectivity index (χ0n) is 6.26. The van der Waals surface area contributed by atoms with Gasteiger partial charge in [-0.3, -0.25) is 0 Å². The van der Waals surface area contributed by atoms with Crippen LogP contribution < -0.4 is 0 Å². The Kier molecular flexibility index (Phi) is 2.63. The van der Waals surface area contributed by atoms with Gasteiger partial charge in [0.05, 0.1) is 0 Å². The molecule has 0 fully saturated rings. The summed E-state index contributed by atoms with van der Waals surface area (Å²) in [5.74, 6) is 0. The van der Waals surface area contributed by atoms with Gasteiger partial charge in [-0.15, -0.1) is 11.3 Å². The fourth-order valence-electron chi connectivity index (χ4n) is 0.892. The van der Waals surface area contributed by atoms with Crippen LogP contribution in [0.5, 0.6) is 0 Å². The molecule has 0 bridgehead atoms. The second-order valence-corrected chi connectivity index (χ2v) is 4.18. The molecule has 3 heteroatoms. The molecule has 1 nitrogen and oxygen atoms in total. The highest BCUT2D eigenvalue weighted by Gasteiger charge is 1.93. The molecule has 1 aromatic heterocycles. The second kappa shape index (κ2) is 3.30. The Morgan fingerprint density at radius 3 is 2.80 bits per heavy atom. The Bertz CT molecular complexity index is 259. The number of rotatable bonds is 2. The first kappa shape index (κ1) is 7.95. The standard InChI is InChI=1S/C7H11NS2/c1-3-4-8-5-6(2)10-7(8)9/h5H,3-4H2,1-2H3. The Morgan fingerprint density at radius 2 is 2.40 bits per heavy atom. The highest BCUT2D eigenvalue weighted by Crippen LogP contribution is 2.10. The molecule has 1 aromatic rings. The third-order valence-electron chi connectivity index (χ3n) is 1.28. The summed E-state index contributed by atoms with van der Waals surface area (Å²) in [4.78, 5) is 1.30. The fourth-order valence-corrected chi connectivity index (χ4v) is 2.15. The lowest BCUT2D eigenvalue weighted by molar-refractivity contribution is 0.678. The van der Waals surface area contributed by atoms with Crippen molar-refractivity contribution in [3.63, 3.8) is 0 Å². The van der Waals surface area contributed by atoms with E-state index in [1.54, 1.807) is 11.3 Å². The topological polar surface area (TPSA) is 4.93 Å². The van der Waals surface area contributed by atoms with Crippen molar-refractivity contribution in [3.8, 4) is 0 Å². The molecule has 0 aliphatic heterocycles. The summed E-state index contributed by atoms with van der Waals surface area (Å²) < 4.78 is 3.13. The van der Waals surface area contributed by atoms with E-state index in [0.717, 1.165) is 16.9 Å². The maximum atomic E-state index is 5.12. The van der Waals surface area contributed by atoms with Crippen LogP contribution >= 0.6 is 23.6 Å². The van der Waals surface area contributed by atoms with Crippen LogP contribution in [0.15, 0.2) is 6.20 Å². The molecule has 0 spiro atoms. The molecule has 0 N–H and O–H groups in total. The van der Waals surface area contributed by atoms with E-state index in [0.29, 0.717) is 0 Å². The normalized spacial score (nSPS) is 10.2. The highest BCUT2D eigenvalue weighted by molar-refractivity contribution is 7.73. The van der Waals surface area contributed by atoms with Crippen molar-refractivity contribution in [3.05, 3.63) is 15.0 Å². The summed E-state index contributed by atoms with van der Waals surface area (Å²) in [6, 6.07) is 0. The van der Waals surface area contributed by atoms with Crippen molar-refractivity contribution in [2.24, 2.45) is 0 Å². The molecule has 10 heavy (non-hydrogen) atoms. The van der Waals surface area contributed by atoms with Crippen LogP contribution in [0.1, 0.15) is 18.2 Å². The first-order valence-electron chi connectivity index (χ1n) is 3.41. The summed E-state index contributed by atoms with van der Waals surface area (Å²) in [7, 11) is 0. The Labute approximate surface area is 70.3 Å². The Hall–Kier alpha value is -0.150. The maximum Gasteiger partial charge on any atom is 0.161 e. The molecule has 1 heterocycles. The van der Waals surface area contributed by atoms with Gasteiger partial charge in [-0.25, -0.2) is 0 Å². The number of hydrogen-bond donors (Lipinski definition) is 0. The van der Waals surface area contributed by atoms with Gasteiger partial charge in [0.25, 0.3) is 0 Å². The molecule has 0 radical (unpaired) electrons. The fraction of sp³-hybridized carbons (Fsp3) is 0.571. The SMILES string of the molecule is CCCn1cc(C)sc1=S. The predicted molar refractivity (Wildman–Crippen MR) is 48.2 cm³/mol. The minimum absolute atomic E-state index is 0.999. The van der Waals surface area contributed by atoms with Crippen LogP contribution in [0.25, 0.3) is 0 Å². The van der Waals surface area contributed by atoms with E-state index >= 15 is 0 Å². The van der Waals surface area contributed by atoms with Crippen molar-refractivity contribution in [2.75, 3.05) is 0 Å². The van der Waals surface area contributed by atoms with Crippen molar-refractivity contribution in [2.45, 2.75) is 26.8 Å². The van der Waals surface area contributed by atoms with Crippen LogP contribution in [0, 0.1) is 10.9 Å². The summed E-state index contributed by atoms with van der Waals surface area (Å²) >= 11 is 6.81. The summed E-state index contributed by atoms with van der Waals surface area (Å²) in [5.41, 5.74) is 0. The van der Waals surface area contributed by atoms with Crippen LogP contribution in [0.3, 0.4) is 0 Å². The molecule has 0 amide bonds. The molecule has 0 saturated carbocycles. The molecule has 0 atom stereocenters. The number of nitrogens with zero attached hydrogens (tertiary/aromatic N) is 1. The highest BCUT2D eigenvalue weighted by atomic mass is 32.1. The third kappa shape index (κ3) is 1.67. The Balaban J connectivity index is 2.92. The number of aryl methyl sites for hydroxylation is 2. The van der Waals surface area contributed by atoms with E-state index in [1.165, 1.54) is 4.88 Å². The average Bonchev–Trinajstić information content (AvgIpc) is 2.13. The maximum absolute atomic E-state index is 5.12. The predicted octanol–water partition coefficient (Wildman–Crippen LogP) is 3.00. The molecule has 0 aliphatic rings. The lowest BCUT2D eigenvalue weighted by Crippen LogP contribution is -1.92. The molecular weight excluding hydrogens is 162 g/mol.